The van der Waals surface area contributed by atoms with Crippen LogP contribution in [0.15, 0.2) is 0 Å². The van der Waals surface area contributed by atoms with E-state index in [1.807, 2.05) is 0 Å². The number of hydrogen-bond donors (Lipinski definition) is 1. The monoisotopic (exact) mass is 440 g/mol. The van der Waals surface area contributed by atoms with Gasteiger partial charge in [-0.1, -0.05) is 118 Å². The van der Waals surface area contributed by atoms with Gasteiger partial charge in [0.15, 0.2) is 0 Å². The van der Waals surface area contributed by atoms with Gasteiger partial charge in [0.05, 0.1) is 7.11 Å². The highest BCUT2D eigenvalue weighted by Crippen LogP contribution is 2.30. The van der Waals surface area contributed by atoms with Crippen molar-refractivity contribution >= 4 is 19.6 Å². The molecule has 0 spiro atoms. The molecule has 0 rings (SSSR count). The fourth-order valence-electron chi connectivity index (χ4n) is 3.02. The van der Waals surface area contributed by atoms with Crippen molar-refractivity contribution in [1.82, 2.24) is 0 Å². The van der Waals surface area contributed by atoms with Gasteiger partial charge in [-0.3, -0.25) is 8.74 Å². The molecule has 0 heterocycles. The lowest BCUT2D eigenvalue weighted by Gasteiger charge is -2.26. The van der Waals surface area contributed by atoms with Gasteiger partial charge in [-0.15, -0.1) is 9.24 Å². The van der Waals surface area contributed by atoms with Crippen LogP contribution in [-0.4, -0.2) is 25.2 Å². The second-order valence-corrected chi connectivity index (χ2v) is 11.4. The maximum Gasteiger partial charge on any atom is 0.397 e. The minimum atomic E-state index is -4.16. The Morgan fingerprint density at radius 1 is 0.821 bits per heavy atom. The molecular weight excluding hydrogens is 391 g/mol. The molecule has 0 aliphatic rings. The van der Waals surface area contributed by atoms with Crippen LogP contribution in [0.4, 0.5) is 0 Å². The molecule has 2 atom stereocenters. The van der Waals surface area contributed by atoms with Crippen LogP contribution in [0.25, 0.3) is 0 Å². The number of unbranched alkanes of at least 4 members (excludes halogenated alkanes) is 13. The van der Waals surface area contributed by atoms with Crippen molar-refractivity contribution in [3.05, 3.63) is 0 Å². The highest BCUT2D eigenvalue weighted by molar-refractivity contribution is 7.80. The second-order valence-electron chi connectivity index (χ2n) is 8.70. The first-order valence-electron chi connectivity index (χ1n) is 11.4. The largest absolute Gasteiger partial charge is 0.397 e. The highest BCUT2D eigenvalue weighted by atomic mass is 32.3. The minimum absolute atomic E-state index is 0.413. The SMILES string of the molecule is CCCCCCCCCCCCCCCCC(C)C(C)(C)P.COS(=O)(=O)O. The molecule has 0 radical (unpaired) electrons. The molecule has 0 fully saturated rings. The maximum absolute atomic E-state index is 9.33. The molecule has 0 aromatic heterocycles. The van der Waals surface area contributed by atoms with Crippen molar-refractivity contribution in [3.8, 4) is 0 Å². The summed E-state index contributed by atoms with van der Waals surface area (Å²) >= 11 is 0. The average Bonchev–Trinajstić information content (AvgIpc) is 2.61. The van der Waals surface area contributed by atoms with Crippen molar-refractivity contribution in [2.75, 3.05) is 7.11 Å². The van der Waals surface area contributed by atoms with E-state index in [-0.39, 0.29) is 0 Å². The van der Waals surface area contributed by atoms with Crippen molar-refractivity contribution in [3.63, 3.8) is 0 Å². The molecule has 0 aliphatic carbocycles. The van der Waals surface area contributed by atoms with Crippen LogP contribution in [0.2, 0.25) is 0 Å². The molecule has 0 aliphatic heterocycles. The predicted octanol–water partition coefficient (Wildman–Crippen LogP) is 7.58. The summed E-state index contributed by atoms with van der Waals surface area (Å²) in [5.74, 6) is 0.829. The number of hydrogen-bond acceptors (Lipinski definition) is 3. The lowest BCUT2D eigenvalue weighted by Crippen LogP contribution is -2.20. The zero-order valence-electron chi connectivity index (χ0n) is 19.3. The zero-order valence-corrected chi connectivity index (χ0v) is 21.3. The second kappa shape index (κ2) is 19.3. The summed E-state index contributed by atoms with van der Waals surface area (Å²) in [5.41, 5.74) is 0. The Morgan fingerprint density at radius 3 is 1.36 bits per heavy atom. The van der Waals surface area contributed by atoms with Gasteiger partial charge in [0, 0.05) is 0 Å². The first kappa shape index (κ1) is 30.5. The van der Waals surface area contributed by atoms with Crippen LogP contribution in [0, 0.1) is 5.92 Å². The summed E-state index contributed by atoms with van der Waals surface area (Å²) in [4.78, 5) is 0. The predicted molar refractivity (Wildman–Crippen MR) is 126 cm³/mol. The lowest BCUT2D eigenvalue weighted by molar-refractivity contribution is 0.324. The Balaban J connectivity index is 0. The van der Waals surface area contributed by atoms with Gasteiger partial charge in [0.1, 0.15) is 0 Å². The summed E-state index contributed by atoms with van der Waals surface area (Å²) in [6, 6.07) is 0. The molecule has 1 N–H and O–H groups in total. The fraction of sp³-hybridized carbons (Fsp3) is 1.00. The molecule has 2 unspecified atom stereocenters. The van der Waals surface area contributed by atoms with Gasteiger partial charge in [-0.25, -0.2) is 0 Å². The first-order valence-corrected chi connectivity index (χ1v) is 13.3. The van der Waals surface area contributed by atoms with Gasteiger partial charge in [-0.05, 0) is 17.5 Å². The molecule has 0 aromatic rings. The lowest BCUT2D eigenvalue weighted by atomic mass is 9.91. The van der Waals surface area contributed by atoms with Crippen LogP contribution in [0.3, 0.4) is 0 Å². The first-order chi connectivity index (χ1) is 13.0. The van der Waals surface area contributed by atoms with Crippen LogP contribution < -0.4 is 0 Å². The fourth-order valence-corrected chi connectivity index (χ4v) is 3.18. The Hall–Kier alpha value is 0.300. The van der Waals surface area contributed by atoms with Gasteiger partial charge in [0.2, 0.25) is 0 Å². The van der Waals surface area contributed by atoms with E-state index in [2.05, 4.69) is 41.1 Å². The molecule has 0 saturated carbocycles. The van der Waals surface area contributed by atoms with Crippen molar-refractivity contribution in [2.45, 2.75) is 129 Å². The standard InChI is InChI=1S/C21H45P.CH4O4S/c1-5-6-7-8-9-10-11-12-13-14-15-16-17-18-19-20(2)21(3,4)22;1-5-6(2,3)4/h20H,5-19,22H2,1-4H3;1H3,(H,2,3,4). The summed E-state index contributed by atoms with van der Waals surface area (Å²) in [5, 5.41) is 0.413. The molecule has 172 valence electrons. The van der Waals surface area contributed by atoms with E-state index in [0.29, 0.717) is 5.16 Å². The van der Waals surface area contributed by atoms with E-state index in [9.17, 15) is 8.42 Å². The topological polar surface area (TPSA) is 63.6 Å². The van der Waals surface area contributed by atoms with Crippen molar-refractivity contribution in [2.24, 2.45) is 5.92 Å². The average molecular weight is 441 g/mol. The van der Waals surface area contributed by atoms with Crippen molar-refractivity contribution < 1.29 is 17.2 Å². The molecule has 6 heteroatoms. The summed E-state index contributed by atoms with van der Waals surface area (Å²) in [6.45, 7) is 9.37. The summed E-state index contributed by atoms with van der Waals surface area (Å²) in [6.07, 6.45) is 21.8. The van der Waals surface area contributed by atoms with E-state index < -0.39 is 10.4 Å². The quantitative estimate of drug-likeness (QED) is 0.144. The Morgan fingerprint density at radius 2 is 1.11 bits per heavy atom. The van der Waals surface area contributed by atoms with Gasteiger partial charge in [0.25, 0.3) is 0 Å². The van der Waals surface area contributed by atoms with Crippen molar-refractivity contribution in [1.29, 1.82) is 0 Å². The van der Waals surface area contributed by atoms with Crippen LogP contribution in [-0.2, 0) is 14.6 Å². The van der Waals surface area contributed by atoms with E-state index in [4.69, 9.17) is 4.55 Å². The highest BCUT2D eigenvalue weighted by Gasteiger charge is 2.19. The Bertz CT molecular complexity index is 419. The normalized spacial score (nSPS) is 13.1. The molecule has 0 amide bonds. The third-order valence-corrected chi connectivity index (χ3v) is 6.46. The van der Waals surface area contributed by atoms with Crippen LogP contribution in [0.1, 0.15) is 124 Å². The minimum Gasteiger partial charge on any atom is -0.264 e. The van der Waals surface area contributed by atoms with E-state index in [0.717, 1.165) is 13.0 Å². The van der Waals surface area contributed by atoms with E-state index in [1.54, 1.807) is 0 Å². The molecule has 0 aromatic carbocycles. The maximum atomic E-state index is 9.33. The van der Waals surface area contributed by atoms with E-state index >= 15 is 0 Å². The molecule has 0 bridgehead atoms. The summed E-state index contributed by atoms with van der Waals surface area (Å²) in [7, 11) is -0.289. The molecule has 0 saturated heterocycles. The molecular formula is C22H49O4PS. The summed E-state index contributed by atoms with van der Waals surface area (Å²) < 4.78 is 29.7. The van der Waals surface area contributed by atoms with Gasteiger partial charge >= 0.3 is 10.4 Å². The third-order valence-electron chi connectivity index (χ3n) is 5.47. The van der Waals surface area contributed by atoms with E-state index in [1.165, 1.54) is 96.3 Å². The third kappa shape index (κ3) is 26.3. The molecule has 28 heavy (non-hydrogen) atoms. The Labute approximate surface area is 179 Å². The smallest absolute Gasteiger partial charge is 0.264 e. The molecule has 4 nitrogen and oxygen atoms in total. The number of rotatable bonds is 17. The zero-order chi connectivity index (χ0) is 21.9. The van der Waals surface area contributed by atoms with Crippen LogP contribution >= 0.6 is 9.24 Å². The Kier molecular flexibility index (Phi) is 21.0. The van der Waals surface area contributed by atoms with Gasteiger partial charge in [-0.2, -0.15) is 8.42 Å². The van der Waals surface area contributed by atoms with Crippen LogP contribution in [0.5, 0.6) is 0 Å². The van der Waals surface area contributed by atoms with Gasteiger partial charge < -0.3 is 0 Å².